The maximum absolute atomic E-state index is 12.4. The van der Waals surface area contributed by atoms with Gasteiger partial charge in [-0.15, -0.1) is 0 Å². The molecule has 0 unspecified atom stereocenters. The van der Waals surface area contributed by atoms with E-state index in [1.165, 1.54) is 51.4 Å². The molecule has 4 aliphatic rings. The van der Waals surface area contributed by atoms with E-state index in [0.717, 1.165) is 54.8 Å². The Morgan fingerprint density at radius 2 is 1.95 bits per heavy atom. The molecule has 0 heterocycles. The fourth-order valence-corrected chi connectivity index (χ4v) is 9.42. The lowest BCUT2D eigenvalue weighted by molar-refractivity contribution is -0.0581. The van der Waals surface area contributed by atoms with E-state index in [2.05, 4.69) is 56.0 Å². The lowest BCUT2D eigenvalue weighted by atomic mass is 9.47. The third kappa shape index (κ3) is 6.78. The summed E-state index contributed by atoms with van der Waals surface area (Å²) in [5.41, 5.74) is 10.6. The van der Waals surface area contributed by atoms with Crippen LogP contribution in [0.3, 0.4) is 0 Å². The van der Waals surface area contributed by atoms with Gasteiger partial charge in [-0.1, -0.05) is 70.6 Å². The van der Waals surface area contributed by atoms with Gasteiger partial charge < -0.3 is 14.8 Å². The predicted molar refractivity (Wildman–Crippen MR) is 156 cm³/mol. The molecule has 4 rings (SSSR count). The summed E-state index contributed by atoms with van der Waals surface area (Å²) in [6.07, 6.45) is 16.1. The van der Waals surface area contributed by atoms with Crippen molar-refractivity contribution < 1.29 is 14.3 Å². The van der Waals surface area contributed by atoms with Crippen LogP contribution >= 0.6 is 0 Å². The van der Waals surface area contributed by atoms with E-state index >= 15 is 0 Å². The van der Waals surface area contributed by atoms with E-state index in [0.29, 0.717) is 31.7 Å². The molecule has 0 aromatic heterocycles. The molecular weight excluding hydrogens is 488 g/mol. The van der Waals surface area contributed by atoms with E-state index in [1.807, 2.05) is 0 Å². The average Bonchev–Trinajstić information content (AvgIpc) is 3.25. The fraction of sp³-hybridized carbons (Fsp3) is 0.906. The second kappa shape index (κ2) is 13.3. The van der Waals surface area contributed by atoms with Crippen LogP contribution in [0.1, 0.15) is 105 Å². The van der Waals surface area contributed by atoms with E-state index < -0.39 is 0 Å². The van der Waals surface area contributed by atoms with Crippen LogP contribution in [-0.2, 0) is 9.47 Å². The minimum absolute atomic E-state index is 0.0387. The number of hydrogen-bond acceptors (Lipinski definition) is 4. The summed E-state index contributed by atoms with van der Waals surface area (Å²) in [6.45, 7) is 13.9. The van der Waals surface area contributed by atoms with Gasteiger partial charge in [0, 0.05) is 24.4 Å². The van der Waals surface area contributed by atoms with Crippen molar-refractivity contribution in [3.63, 3.8) is 0 Å². The minimum Gasteiger partial charge on any atom is -0.446 e. The van der Waals surface area contributed by atoms with Gasteiger partial charge in [0.2, 0.25) is 0 Å². The molecular formula is C32H54N4O3. The quantitative estimate of drug-likeness (QED) is 0.0880. The number of carbonyl (C=O) groups excluding carboxylic acids is 1. The van der Waals surface area contributed by atoms with Crippen molar-refractivity contribution in [2.24, 2.45) is 51.5 Å². The highest BCUT2D eigenvalue weighted by molar-refractivity contribution is 5.67. The molecule has 39 heavy (non-hydrogen) atoms. The van der Waals surface area contributed by atoms with Crippen molar-refractivity contribution in [3.8, 4) is 0 Å². The Kier molecular flexibility index (Phi) is 10.3. The lowest BCUT2D eigenvalue weighted by Gasteiger charge is -2.58. The molecule has 1 amide bonds. The lowest BCUT2D eigenvalue weighted by Crippen LogP contribution is -2.51. The SMILES string of the molecule is CC(C)CCC[C@@H](C)[C@H]1CC[C@H]2[C@@H]3CC=C4C[C@@H](OC(=O)NCCOCCN=[N+]=[N-])CC[C@]4(C)[C@H]3CC[C@]12C. The number of alkyl carbamates (subject to hydrolysis) is 1. The number of rotatable bonds is 12. The van der Waals surface area contributed by atoms with Crippen LogP contribution in [0.25, 0.3) is 10.4 Å². The molecule has 1 N–H and O–H groups in total. The van der Waals surface area contributed by atoms with Crippen LogP contribution in [0, 0.1) is 46.3 Å². The zero-order valence-corrected chi connectivity index (χ0v) is 25.3. The summed E-state index contributed by atoms with van der Waals surface area (Å²) in [5, 5.41) is 6.23. The number of azide groups is 1. The van der Waals surface area contributed by atoms with Gasteiger partial charge in [-0.3, -0.25) is 0 Å². The van der Waals surface area contributed by atoms with E-state index in [9.17, 15) is 4.79 Å². The molecule has 220 valence electrons. The van der Waals surface area contributed by atoms with Gasteiger partial charge in [-0.05, 0) is 96.8 Å². The number of nitrogens with zero attached hydrogens (tertiary/aromatic N) is 3. The largest absolute Gasteiger partial charge is 0.446 e. The van der Waals surface area contributed by atoms with Gasteiger partial charge in [0.25, 0.3) is 0 Å². The standard InChI is InChI=1S/C32H54N4O3/c1-22(2)7-6-8-23(3)27-11-12-28-26-10-9-24-21-25(39-30(37)34-17-19-38-20-18-35-36-33)13-15-31(24,4)29(26)14-16-32(27,28)5/h9,22-23,25-29H,6-8,10-21H2,1-5H3,(H,34,37)/t23-,25+,26+,27-,28+,29+,31+,32-/m1/s1. The molecule has 0 radical (unpaired) electrons. The Balaban J connectivity index is 1.30. The average molecular weight is 543 g/mol. The Bertz CT molecular complexity index is 915. The summed E-state index contributed by atoms with van der Waals surface area (Å²) < 4.78 is 11.2. The molecule has 0 aromatic carbocycles. The molecule has 0 saturated heterocycles. The fourth-order valence-electron chi connectivity index (χ4n) is 9.42. The summed E-state index contributed by atoms with van der Waals surface area (Å²) >= 11 is 0. The maximum atomic E-state index is 12.4. The summed E-state index contributed by atoms with van der Waals surface area (Å²) in [4.78, 5) is 15.1. The molecule has 7 heteroatoms. The normalized spacial score (nSPS) is 36.2. The number of hydrogen-bond donors (Lipinski definition) is 1. The highest BCUT2D eigenvalue weighted by atomic mass is 16.6. The van der Waals surface area contributed by atoms with Gasteiger partial charge in [0.1, 0.15) is 6.10 Å². The molecule has 3 saturated carbocycles. The maximum Gasteiger partial charge on any atom is 0.407 e. The molecule has 8 atom stereocenters. The van der Waals surface area contributed by atoms with Crippen LogP contribution in [0.15, 0.2) is 16.8 Å². The molecule has 0 spiro atoms. The highest BCUT2D eigenvalue weighted by Crippen LogP contribution is 2.67. The van der Waals surface area contributed by atoms with Crippen molar-refractivity contribution in [1.29, 1.82) is 0 Å². The molecule has 7 nitrogen and oxygen atoms in total. The minimum atomic E-state index is -0.357. The van der Waals surface area contributed by atoms with Crippen LogP contribution in [-0.4, -0.2) is 38.5 Å². The molecule has 0 bridgehead atoms. The summed E-state index contributed by atoms with van der Waals surface area (Å²) in [6, 6.07) is 0. The van der Waals surface area contributed by atoms with E-state index in [1.54, 1.807) is 5.57 Å². The van der Waals surface area contributed by atoms with Crippen LogP contribution < -0.4 is 5.32 Å². The van der Waals surface area contributed by atoms with Gasteiger partial charge in [-0.2, -0.15) is 0 Å². The van der Waals surface area contributed by atoms with Crippen molar-refractivity contribution in [2.45, 2.75) is 111 Å². The smallest absolute Gasteiger partial charge is 0.407 e. The number of fused-ring (bicyclic) bond motifs is 5. The zero-order chi connectivity index (χ0) is 28.0. The topological polar surface area (TPSA) is 96.3 Å². The number of nitrogens with one attached hydrogen (secondary N) is 1. The number of amides is 1. The van der Waals surface area contributed by atoms with Crippen LogP contribution in [0.4, 0.5) is 4.79 Å². The number of carbonyl (C=O) groups is 1. The van der Waals surface area contributed by atoms with E-state index in [-0.39, 0.29) is 17.6 Å². The first-order valence-corrected chi connectivity index (χ1v) is 15.9. The first kappa shape index (κ1) is 30.2. The van der Waals surface area contributed by atoms with Crippen molar-refractivity contribution in [2.75, 3.05) is 26.3 Å². The van der Waals surface area contributed by atoms with Crippen LogP contribution in [0.2, 0.25) is 0 Å². The van der Waals surface area contributed by atoms with Crippen molar-refractivity contribution in [1.82, 2.24) is 5.32 Å². The third-order valence-corrected chi connectivity index (χ3v) is 11.4. The first-order valence-electron chi connectivity index (χ1n) is 15.9. The van der Waals surface area contributed by atoms with Crippen molar-refractivity contribution >= 4 is 6.09 Å². The van der Waals surface area contributed by atoms with Crippen LogP contribution in [0.5, 0.6) is 0 Å². The molecule has 4 aliphatic carbocycles. The zero-order valence-electron chi connectivity index (χ0n) is 25.3. The highest BCUT2D eigenvalue weighted by Gasteiger charge is 2.59. The Hall–Kier alpha value is -1.72. The molecule has 0 aromatic rings. The summed E-state index contributed by atoms with van der Waals surface area (Å²) in [7, 11) is 0. The van der Waals surface area contributed by atoms with E-state index in [4.69, 9.17) is 15.0 Å². The second-order valence-corrected chi connectivity index (χ2v) is 14.1. The molecule has 3 fully saturated rings. The second-order valence-electron chi connectivity index (χ2n) is 14.1. The van der Waals surface area contributed by atoms with Gasteiger partial charge in [-0.25, -0.2) is 4.79 Å². The number of allylic oxidation sites excluding steroid dienone is 1. The summed E-state index contributed by atoms with van der Waals surface area (Å²) in [5.74, 6) is 5.04. The Morgan fingerprint density at radius 3 is 2.72 bits per heavy atom. The van der Waals surface area contributed by atoms with Gasteiger partial charge in [0.05, 0.1) is 13.2 Å². The van der Waals surface area contributed by atoms with Gasteiger partial charge >= 0.3 is 6.09 Å². The van der Waals surface area contributed by atoms with Gasteiger partial charge in [0.15, 0.2) is 0 Å². The third-order valence-electron chi connectivity index (χ3n) is 11.4. The molecule has 0 aliphatic heterocycles. The van der Waals surface area contributed by atoms with Crippen molar-refractivity contribution in [3.05, 3.63) is 22.1 Å². The first-order chi connectivity index (χ1) is 18.7. The Labute approximate surface area is 236 Å². The monoisotopic (exact) mass is 542 g/mol. The predicted octanol–water partition coefficient (Wildman–Crippen LogP) is 8.45. The number of ether oxygens (including phenoxy) is 2. The Morgan fingerprint density at radius 1 is 1.13 bits per heavy atom.